The lowest BCUT2D eigenvalue weighted by molar-refractivity contribution is -0.142. The molecular weight excluding hydrogens is 212 g/mol. The van der Waals surface area contributed by atoms with Crippen molar-refractivity contribution in [2.24, 2.45) is 0 Å². The molecule has 0 radical (unpaired) electrons. The molecule has 2 amide bonds. The first kappa shape index (κ1) is 10.2. The average molecular weight is 224 g/mol. The van der Waals surface area contributed by atoms with Crippen molar-refractivity contribution in [1.82, 2.24) is 10.2 Å². The highest BCUT2D eigenvalue weighted by Crippen LogP contribution is 2.24. The van der Waals surface area contributed by atoms with Gasteiger partial charge in [-0.3, -0.25) is 9.59 Å². The van der Waals surface area contributed by atoms with E-state index in [0.29, 0.717) is 0 Å². The van der Waals surface area contributed by atoms with Crippen molar-refractivity contribution in [3.8, 4) is 0 Å². The highest BCUT2D eigenvalue weighted by atomic mass is 32.1. The summed E-state index contributed by atoms with van der Waals surface area (Å²) >= 11 is 1.60. The van der Waals surface area contributed by atoms with Crippen LogP contribution in [0.3, 0.4) is 0 Å². The molecule has 4 nitrogen and oxygen atoms in total. The van der Waals surface area contributed by atoms with Gasteiger partial charge in [-0.25, -0.2) is 0 Å². The summed E-state index contributed by atoms with van der Waals surface area (Å²) in [6.45, 7) is 2.23. The summed E-state index contributed by atoms with van der Waals surface area (Å²) in [5.74, 6) is -0.103. The van der Waals surface area contributed by atoms with E-state index in [4.69, 9.17) is 0 Å². The number of nitrogens with one attached hydrogen (secondary N) is 1. The fraction of sp³-hybridized carbons (Fsp3) is 0.400. The number of thiophene rings is 1. The minimum atomic E-state index is -0.0852. The number of rotatable bonds is 2. The molecule has 2 heterocycles. The molecule has 1 aromatic rings. The minimum absolute atomic E-state index is 0.0106. The molecule has 15 heavy (non-hydrogen) atoms. The van der Waals surface area contributed by atoms with Crippen LogP contribution in [0.1, 0.15) is 17.8 Å². The molecule has 0 spiro atoms. The fourth-order valence-corrected chi connectivity index (χ4v) is 2.41. The summed E-state index contributed by atoms with van der Waals surface area (Å²) in [4.78, 5) is 25.5. The Morgan fingerprint density at radius 3 is 3.00 bits per heavy atom. The third kappa shape index (κ3) is 2.02. The van der Waals surface area contributed by atoms with E-state index in [-0.39, 0.29) is 30.9 Å². The Labute approximate surface area is 91.9 Å². The maximum Gasteiger partial charge on any atom is 0.242 e. The van der Waals surface area contributed by atoms with Gasteiger partial charge in [0, 0.05) is 4.88 Å². The topological polar surface area (TPSA) is 49.4 Å². The molecular formula is C10H12N2O2S. The van der Waals surface area contributed by atoms with Crippen LogP contribution < -0.4 is 5.32 Å². The third-order valence-corrected chi connectivity index (χ3v) is 3.54. The smallest absolute Gasteiger partial charge is 0.242 e. The Balaban J connectivity index is 2.15. The summed E-state index contributed by atoms with van der Waals surface area (Å²) in [6, 6.07) is 3.92. The summed E-state index contributed by atoms with van der Waals surface area (Å²) in [7, 11) is 0. The zero-order valence-corrected chi connectivity index (χ0v) is 9.21. The minimum Gasteiger partial charge on any atom is -0.345 e. The van der Waals surface area contributed by atoms with Gasteiger partial charge in [-0.15, -0.1) is 11.3 Å². The maximum absolute atomic E-state index is 11.6. The average Bonchev–Trinajstić information content (AvgIpc) is 2.74. The SMILES string of the molecule is CC(c1cccs1)N1CC(=O)NCC1=O. The molecule has 1 fully saturated rings. The summed E-state index contributed by atoms with van der Waals surface area (Å²) in [6.07, 6.45) is 0. The van der Waals surface area contributed by atoms with Crippen molar-refractivity contribution in [3.63, 3.8) is 0 Å². The Bertz CT molecular complexity index is 375. The Morgan fingerprint density at radius 1 is 1.53 bits per heavy atom. The molecule has 0 aromatic carbocycles. The normalized spacial score (nSPS) is 18.9. The Hall–Kier alpha value is -1.36. The lowest BCUT2D eigenvalue weighted by Crippen LogP contribution is -2.52. The first-order valence-corrected chi connectivity index (χ1v) is 5.66. The van der Waals surface area contributed by atoms with Crippen LogP contribution in [0.5, 0.6) is 0 Å². The number of amides is 2. The predicted octanol–water partition coefficient (Wildman–Crippen LogP) is 0.767. The third-order valence-electron chi connectivity index (χ3n) is 2.49. The van der Waals surface area contributed by atoms with Crippen LogP contribution in [0, 0.1) is 0 Å². The van der Waals surface area contributed by atoms with Crippen molar-refractivity contribution >= 4 is 23.2 Å². The van der Waals surface area contributed by atoms with Crippen molar-refractivity contribution in [2.75, 3.05) is 13.1 Å². The molecule has 1 saturated heterocycles. The van der Waals surface area contributed by atoms with Gasteiger partial charge >= 0.3 is 0 Å². The molecule has 1 atom stereocenters. The first-order valence-electron chi connectivity index (χ1n) is 4.78. The lowest BCUT2D eigenvalue weighted by atomic mass is 10.2. The van der Waals surface area contributed by atoms with Gasteiger partial charge in [-0.1, -0.05) is 6.07 Å². The van der Waals surface area contributed by atoms with Crippen LogP contribution in [-0.2, 0) is 9.59 Å². The summed E-state index contributed by atoms with van der Waals surface area (Å²) < 4.78 is 0. The number of carbonyl (C=O) groups excluding carboxylic acids is 2. The number of carbonyl (C=O) groups is 2. The molecule has 1 N–H and O–H groups in total. The number of hydrogen-bond donors (Lipinski definition) is 1. The van der Waals surface area contributed by atoms with Gasteiger partial charge in [0.15, 0.2) is 0 Å². The number of hydrogen-bond acceptors (Lipinski definition) is 3. The van der Waals surface area contributed by atoms with E-state index in [2.05, 4.69) is 5.32 Å². The molecule has 1 aliphatic rings. The van der Waals surface area contributed by atoms with Crippen LogP contribution in [0.2, 0.25) is 0 Å². The van der Waals surface area contributed by atoms with E-state index in [9.17, 15) is 9.59 Å². The van der Waals surface area contributed by atoms with E-state index in [1.54, 1.807) is 16.2 Å². The molecule has 1 unspecified atom stereocenters. The molecule has 0 saturated carbocycles. The zero-order chi connectivity index (χ0) is 10.8. The first-order chi connectivity index (χ1) is 7.18. The van der Waals surface area contributed by atoms with Gasteiger partial charge < -0.3 is 10.2 Å². The molecule has 1 aromatic heterocycles. The molecule has 80 valence electrons. The number of nitrogens with zero attached hydrogens (tertiary/aromatic N) is 1. The van der Waals surface area contributed by atoms with E-state index in [0.717, 1.165) is 4.88 Å². The highest BCUT2D eigenvalue weighted by Gasteiger charge is 2.28. The van der Waals surface area contributed by atoms with E-state index in [1.165, 1.54) is 0 Å². The van der Waals surface area contributed by atoms with Gasteiger partial charge in [-0.05, 0) is 18.4 Å². The highest BCUT2D eigenvalue weighted by molar-refractivity contribution is 7.10. The van der Waals surface area contributed by atoms with Gasteiger partial charge in [-0.2, -0.15) is 0 Å². The van der Waals surface area contributed by atoms with Gasteiger partial charge in [0.1, 0.15) is 6.54 Å². The fourth-order valence-electron chi connectivity index (χ4n) is 1.61. The van der Waals surface area contributed by atoms with Crippen molar-refractivity contribution < 1.29 is 9.59 Å². The largest absolute Gasteiger partial charge is 0.345 e. The van der Waals surface area contributed by atoms with Crippen molar-refractivity contribution in [3.05, 3.63) is 22.4 Å². The van der Waals surface area contributed by atoms with Crippen LogP contribution in [0.4, 0.5) is 0 Å². The monoisotopic (exact) mass is 224 g/mol. The Morgan fingerprint density at radius 2 is 2.33 bits per heavy atom. The van der Waals surface area contributed by atoms with Crippen molar-refractivity contribution in [1.29, 1.82) is 0 Å². The quantitative estimate of drug-likeness (QED) is 0.806. The molecule has 0 bridgehead atoms. The van der Waals surface area contributed by atoms with Gasteiger partial charge in [0.25, 0.3) is 0 Å². The van der Waals surface area contributed by atoms with Crippen molar-refractivity contribution in [2.45, 2.75) is 13.0 Å². The lowest BCUT2D eigenvalue weighted by Gasteiger charge is -2.31. The van der Waals surface area contributed by atoms with Crippen LogP contribution in [0.25, 0.3) is 0 Å². The van der Waals surface area contributed by atoms with E-state index < -0.39 is 0 Å². The van der Waals surface area contributed by atoms with Crippen LogP contribution >= 0.6 is 11.3 Å². The Kier molecular flexibility index (Phi) is 2.73. The second-order valence-corrected chi connectivity index (χ2v) is 4.47. The molecule has 2 rings (SSSR count). The van der Waals surface area contributed by atoms with E-state index in [1.807, 2.05) is 24.4 Å². The standard InChI is InChI=1S/C10H12N2O2S/c1-7(8-3-2-4-15-8)12-6-9(13)11-5-10(12)14/h2-4,7H,5-6H2,1H3,(H,11,13). The van der Waals surface area contributed by atoms with Gasteiger partial charge in [0.2, 0.25) is 11.8 Å². The second-order valence-electron chi connectivity index (χ2n) is 3.49. The van der Waals surface area contributed by atoms with Crippen LogP contribution in [-0.4, -0.2) is 29.8 Å². The maximum atomic E-state index is 11.6. The van der Waals surface area contributed by atoms with Crippen LogP contribution in [0.15, 0.2) is 17.5 Å². The number of piperazine rings is 1. The summed E-state index contributed by atoms with van der Waals surface area (Å²) in [5.41, 5.74) is 0. The van der Waals surface area contributed by atoms with Gasteiger partial charge in [0.05, 0.1) is 12.6 Å². The molecule has 5 heteroatoms. The predicted molar refractivity (Wildman–Crippen MR) is 57.5 cm³/mol. The summed E-state index contributed by atoms with van der Waals surface area (Å²) in [5, 5.41) is 4.51. The second kappa shape index (κ2) is 4.02. The molecule has 1 aliphatic heterocycles. The van der Waals surface area contributed by atoms with E-state index >= 15 is 0 Å². The molecule has 0 aliphatic carbocycles. The zero-order valence-electron chi connectivity index (χ0n) is 8.40.